The molecule has 2 aromatic rings. The Morgan fingerprint density at radius 3 is 1.43 bits per heavy atom. The number of aliphatic hydroxyl groups is 2. The first-order valence-electron chi connectivity index (χ1n) is 15.6. The Morgan fingerprint density at radius 1 is 0.682 bits per heavy atom. The van der Waals surface area contributed by atoms with Crippen molar-refractivity contribution >= 4 is 11.9 Å². The highest BCUT2D eigenvalue weighted by Gasteiger charge is 2.15. The molecule has 10 heteroatoms. The molecule has 0 aromatic heterocycles. The molecule has 0 saturated heterocycles. The fourth-order valence-electron chi connectivity index (χ4n) is 4.62. The molecule has 0 aliphatic rings. The van der Waals surface area contributed by atoms with Crippen molar-refractivity contribution in [2.24, 2.45) is 0 Å². The van der Waals surface area contributed by atoms with E-state index in [0.717, 1.165) is 63.5 Å². The van der Waals surface area contributed by atoms with Crippen molar-refractivity contribution in [3.05, 3.63) is 59.7 Å². The molecule has 2 aromatic carbocycles. The van der Waals surface area contributed by atoms with Gasteiger partial charge in [0.15, 0.2) is 0 Å². The first-order valence-corrected chi connectivity index (χ1v) is 15.6. The number of rotatable bonds is 20. The van der Waals surface area contributed by atoms with Crippen LogP contribution in [0, 0.1) is 0 Å². The zero-order valence-electron chi connectivity index (χ0n) is 26.4. The van der Waals surface area contributed by atoms with Crippen molar-refractivity contribution in [2.75, 3.05) is 13.1 Å². The minimum atomic E-state index is -0.936. The lowest BCUT2D eigenvalue weighted by molar-refractivity contribution is -0.131. The second kappa shape index (κ2) is 19.8. The summed E-state index contributed by atoms with van der Waals surface area (Å²) in [5.41, 5.74) is 0.736. The molecule has 0 saturated carbocycles. The summed E-state index contributed by atoms with van der Waals surface area (Å²) in [7, 11) is 0. The number of ether oxygens (including phenoxy) is 2. The predicted octanol–water partition coefficient (Wildman–Crippen LogP) is 5.35. The third kappa shape index (κ3) is 14.4. The molecule has 10 nitrogen and oxygen atoms in total. The number of benzene rings is 2. The summed E-state index contributed by atoms with van der Waals surface area (Å²) < 4.78 is 10.4. The fraction of sp³-hybridized carbons (Fsp3) is 0.529. The first kappa shape index (κ1) is 36.8. The second-order valence-corrected chi connectivity index (χ2v) is 11.3. The highest BCUT2D eigenvalue weighted by molar-refractivity contribution is 5.93. The summed E-state index contributed by atoms with van der Waals surface area (Å²) >= 11 is 0. The van der Waals surface area contributed by atoms with E-state index >= 15 is 0 Å². The lowest BCUT2D eigenvalue weighted by Crippen LogP contribution is -2.30. The normalized spacial score (nSPS) is 14.2. The molecule has 0 aliphatic heterocycles. The van der Waals surface area contributed by atoms with Gasteiger partial charge in [0.1, 0.15) is 23.0 Å². The van der Waals surface area contributed by atoms with Crippen LogP contribution in [0.5, 0.6) is 23.0 Å². The molecule has 4 atom stereocenters. The van der Waals surface area contributed by atoms with Gasteiger partial charge in [-0.05, 0) is 62.1 Å². The SMILES string of the molecule is CCCCCC(C)NCC(O)c1cc(O)cc(OC(=O)/C=C/C(=O)Oc2cc(O)cc(C(O)CNC(C)CCCCC)c2)c1. The number of nitrogens with one attached hydrogen (secondary N) is 2. The van der Waals surface area contributed by atoms with Gasteiger partial charge in [-0.1, -0.05) is 52.4 Å². The standard InChI is InChI=1S/C34H50N2O8/c1-5-7-9-11-23(3)35-21-31(39)25-15-27(37)19-29(17-25)43-33(41)13-14-34(42)44-30-18-26(16-28(38)20-30)32(40)22-36-24(4)12-10-8-6-2/h13-20,23-24,31-32,35-40H,5-12,21-22H2,1-4H3/b14-13+. The fourth-order valence-corrected chi connectivity index (χ4v) is 4.62. The number of phenolic OH excluding ortho intramolecular Hbond substituents is 2. The van der Waals surface area contributed by atoms with Crippen LogP contribution in [-0.2, 0) is 9.59 Å². The third-order valence-corrected chi connectivity index (χ3v) is 7.19. The Labute approximate surface area is 261 Å². The number of unbranched alkanes of at least 4 members (excludes halogenated alkanes) is 4. The van der Waals surface area contributed by atoms with Crippen LogP contribution < -0.4 is 20.1 Å². The minimum Gasteiger partial charge on any atom is -0.508 e. The van der Waals surface area contributed by atoms with Gasteiger partial charge in [-0.3, -0.25) is 0 Å². The van der Waals surface area contributed by atoms with Gasteiger partial charge in [0.25, 0.3) is 0 Å². The molecule has 4 unspecified atom stereocenters. The molecule has 44 heavy (non-hydrogen) atoms. The van der Waals surface area contributed by atoms with E-state index in [4.69, 9.17) is 9.47 Å². The average molecular weight is 615 g/mol. The Balaban J connectivity index is 1.91. The van der Waals surface area contributed by atoms with E-state index in [-0.39, 0.29) is 48.2 Å². The quantitative estimate of drug-likeness (QED) is 0.0497. The Bertz CT molecular complexity index is 1110. The van der Waals surface area contributed by atoms with Gasteiger partial charge in [0.05, 0.1) is 12.2 Å². The smallest absolute Gasteiger partial charge is 0.336 e. The van der Waals surface area contributed by atoms with E-state index in [1.165, 1.54) is 36.4 Å². The van der Waals surface area contributed by atoms with Gasteiger partial charge in [0.2, 0.25) is 0 Å². The van der Waals surface area contributed by atoms with E-state index in [1.54, 1.807) is 0 Å². The molecule has 0 spiro atoms. The molecule has 0 amide bonds. The van der Waals surface area contributed by atoms with Crippen molar-refractivity contribution in [1.82, 2.24) is 10.6 Å². The zero-order chi connectivity index (χ0) is 32.5. The number of hydrogen-bond donors (Lipinski definition) is 6. The monoisotopic (exact) mass is 614 g/mol. The summed E-state index contributed by atoms with van der Waals surface area (Å²) in [6, 6.07) is 8.56. The maximum Gasteiger partial charge on any atom is 0.336 e. The molecule has 0 bridgehead atoms. The number of aromatic hydroxyl groups is 2. The van der Waals surface area contributed by atoms with E-state index in [2.05, 4.69) is 24.5 Å². The highest BCUT2D eigenvalue weighted by Crippen LogP contribution is 2.27. The molecule has 244 valence electrons. The van der Waals surface area contributed by atoms with Gasteiger partial charge in [-0.15, -0.1) is 0 Å². The van der Waals surface area contributed by atoms with Crippen LogP contribution >= 0.6 is 0 Å². The molecule has 0 heterocycles. The largest absolute Gasteiger partial charge is 0.508 e. The number of aliphatic hydroxyl groups excluding tert-OH is 2. The number of hydrogen-bond acceptors (Lipinski definition) is 10. The Hall–Kier alpha value is -3.44. The summed E-state index contributed by atoms with van der Waals surface area (Å²) in [4.78, 5) is 24.7. The highest BCUT2D eigenvalue weighted by atomic mass is 16.5. The molecular weight excluding hydrogens is 564 g/mol. The van der Waals surface area contributed by atoms with E-state index < -0.39 is 24.1 Å². The Morgan fingerprint density at radius 2 is 1.07 bits per heavy atom. The molecular formula is C34H50N2O8. The van der Waals surface area contributed by atoms with Crippen LogP contribution in [0.3, 0.4) is 0 Å². The van der Waals surface area contributed by atoms with Gasteiger partial charge in [0, 0.05) is 49.5 Å². The van der Waals surface area contributed by atoms with E-state index in [1.807, 2.05) is 13.8 Å². The van der Waals surface area contributed by atoms with Crippen molar-refractivity contribution in [3.63, 3.8) is 0 Å². The minimum absolute atomic E-state index is 0.00189. The summed E-state index contributed by atoms with van der Waals surface area (Å²) in [5, 5.41) is 47.9. The third-order valence-electron chi connectivity index (χ3n) is 7.19. The van der Waals surface area contributed by atoms with E-state index in [0.29, 0.717) is 11.1 Å². The van der Waals surface area contributed by atoms with Crippen molar-refractivity contribution in [2.45, 2.75) is 103 Å². The topological polar surface area (TPSA) is 158 Å². The summed E-state index contributed by atoms with van der Waals surface area (Å²) in [5.74, 6) is -2.18. The first-order chi connectivity index (χ1) is 21.0. The van der Waals surface area contributed by atoms with Gasteiger partial charge in [-0.2, -0.15) is 0 Å². The average Bonchev–Trinajstić information content (AvgIpc) is 2.97. The number of esters is 2. The van der Waals surface area contributed by atoms with Crippen LogP contribution in [0.1, 0.15) is 102 Å². The van der Waals surface area contributed by atoms with Gasteiger partial charge in [-0.25, -0.2) is 9.59 Å². The number of phenols is 2. The van der Waals surface area contributed by atoms with Crippen LogP contribution in [0.15, 0.2) is 48.6 Å². The zero-order valence-corrected chi connectivity index (χ0v) is 26.4. The summed E-state index contributed by atoms with van der Waals surface area (Å²) in [6.45, 7) is 8.91. The lowest BCUT2D eigenvalue weighted by Gasteiger charge is -2.18. The second-order valence-electron chi connectivity index (χ2n) is 11.3. The summed E-state index contributed by atoms with van der Waals surface area (Å²) in [6.07, 6.45) is 8.61. The van der Waals surface area contributed by atoms with Crippen LogP contribution in [0.4, 0.5) is 0 Å². The molecule has 6 N–H and O–H groups in total. The Kier molecular flexibility index (Phi) is 16.5. The maximum atomic E-state index is 12.4. The number of carbonyl (C=O) groups excluding carboxylic acids is 2. The van der Waals surface area contributed by atoms with Crippen molar-refractivity contribution in [1.29, 1.82) is 0 Å². The van der Waals surface area contributed by atoms with Crippen LogP contribution in [-0.4, -0.2) is 57.5 Å². The van der Waals surface area contributed by atoms with E-state index in [9.17, 15) is 30.0 Å². The predicted molar refractivity (Wildman–Crippen MR) is 170 cm³/mol. The molecule has 2 rings (SSSR count). The molecule has 0 aliphatic carbocycles. The van der Waals surface area contributed by atoms with Gasteiger partial charge < -0.3 is 40.5 Å². The lowest BCUT2D eigenvalue weighted by atomic mass is 10.1. The van der Waals surface area contributed by atoms with Crippen LogP contribution in [0.25, 0.3) is 0 Å². The molecule has 0 radical (unpaired) electrons. The number of carbonyl (C=O) groups is 2. The molecule has 0 fully saturated rings. The maximum absolute atomic E-state index is 12.4. The van der Waals surface area contributed by atoms with Crippen molar-refractivity contribution < 1.29 is 39.5 Å². The van der Waals surface area contributed by atoms with Crippen LogP contribution in [0.2, 0.25) is 0 Å². The van der Waals surface area contributed by atoms with Crippen molar-refractivity contribution in [3.8, 4) is 23.0 Å². The van der Waals surface area contributed by atoms with Gasteiger partial charge >= 0.3 is 11.9 Å².